The van der Waals surface area contributed by atoms with E-state index in [0.717, 1.165) is 5.39 Å². The lowest BCUT2D eigenvalue weighted by Gasteiger charge is -2.09. The van der Waals surface area contributed by atoms with E-state index in [9.17, 15) is 9.59 Å². The van der Waals surface area contributed by atoms with Gasteiger partial charge in [-0.3, -0.25) is 9.59 Å². The number of carbonyl (C=O) groups excluding carboxylic acids is 2. The number of hydrazone groups is 1. The summed E-state index contributed by atoms with van der Waals surface area (Å²) in [7, 11) is 0. The molecule has 0 atom stereocenters. The molecular weight excluding hydrogens is 394 g/mol. The van der Waals surface area contributed by atoms with Crippen LogP contribution in [0.3, 0.4) is 0 Å². The second-order valence-corrected chi connectivity index (χ2v) is 6.59. The van der Waals surface area contributed by atoms with Gasteiger partial charge in [-0.15, -0.1) is 0 Å². The van der Waals surface area contributed by atoms with Crippen molar-refractivity contribution in [2.45, 2.75) is 0 Å². The summed E-state index contributed by atoms with van der Waals surface area (Å²) >= 11 is 0. The molecule has 0 aliphatic rings. The number of hydrogen-bond donors (Lipinski definition) is 2. The third-order valence-corrected chi connectivity index (χ3v) is 4.35. The molecule has 7 heteroatoms. The van der Waals surface area contributed by atoms with Crippen LogP contribution in [0, 0.1) is 0 Å². The fourth-order valence-corrected chi connectivity index (χ4v) is 2.89. The van der Waals surface area contributed by atoms with Gasteiger partial charge in [-0.05, 0) is 36.4 Å². The number of nitrogens with zero attached hydrogens (tertiary/aromatic N) is 1. The summed E-state index contributed by atoms with van der Waals surface area (Å²) in [6.07, 6.45) is 1.45. The molecule has 0 aliphatic carbocycles. The summed E-state index contributed by atoms with van der Waals surface area (Å²) in [4.78, 5) is 24.4. The van der Waals surface area contributed by atoms with Crippen molar-refractivity contribution in [2.24, 2.45) is 5.10 Å². The molecule has 0 fully saturated rings. The zero-order valence-corrected chi connectivity index (χ0v) is 16.4. The molecule has 31 heavy (non-hydrogen) atoms. The van der Waals surface area contributed by atoms with Crippen LogP contribution in [-0.4, -0.2) is 24.6 Å². The first kappa shape index (κ1) is 19.9. The second kappa shape index (κ2) is 9.41. The van der Waals surface area contributed by atoms with E-state index in [4.69, 9.17) is 9.15 Å². The van der Waals surface area contributed by atoms with Crippen molar-refractivity contribution >= 4 is 34.7 Å². The lowest BCUT2D eigenvalue weighted by atomic mass is 10.2. The molecule has 1 heterocycles. The van der Waals surface area contributed by atoms with Crippen LogP contribution in [-0.2, 0) is 4.79 Å². The van der Waals surface area contributed by atoms with Crippen molar-refractivity contribution in [3.63, 3.8) is 0 Å². The Kier molecular flexibility index (Phi) is 6.04. The van der Waals surface area contributed by atoms with Gasteiger partial charge in [0, 0.05) is 16.6 Å². The number of rotatable bonds is 7. The Labute approximate surface area is 178 Å². The summed E-state index contributed by atoms with van der Waals surface area (Å²) in [6, 6.07) is 25.2. The molecule has 3 aromatic carbocycles. The Morgan fingerprint density at radius 1 is 0.935 bits per heavy atom. The van der Waals surface area contributed by atoms with Gasteiger partial charge in [0.25, 0.3) is 5.91 Å². The number of carbonyl (C=O) groups is 2. The summed E-state index contributed by atoms with van der Waals surface area (Å²) in [6.45, 7) is -0.162. The van der Waals surface area contributed by atoms with Crippen molar-refractivity contribution < 1.29 is 18.7 Å². The highest BCUT2D eigenvalue weighted by molar-refractivity contribution is 5.96. The average molecular weight is 413 g/mol. The molecule has 2 N–H and O–H groups in total. The fraction of sp³-hybridized carbons (Fsp3) is 0.0417. The van der Waals surface area contributed by atoms with E-state index in [0.29, 0.717) is 22.6 Å². The lowest BCUT2D eigenvalue weighted by molar-refractivity contribution is -0.118. The minimum Gasteiger partial charge on any atom is -0.483 e. The van der Waals surface area contributed by atoms with Gasteiger partial charge >= 0.3 is 5.91 Å². The van der Waals surface area contributed by atoms with Gasteiger partial charge in [-0.2, -0.15) is 5.10 Å². The molecule has 7 nitrogen and oxygen atoms in total. The molecule has 0 spiro atoms. The van der Waals surface area contributed by atoms with E-state index in [1.807, 2.05) is 36.4 Å². The smallest absolute Gasteiger partial charge is 0.307 e. The molecule has 1 aromatic heterocycles. The SMILES string of the molecule is O=C(COc1ccccc1/C=N/NC(=O)c1cc2ccccc2o1)Nc1ccccc1. The molecule has 0 unspecified atom stereocenters. The average Bonchev–Trinajstić information content (AvgIpc) is 3.23. The highest BCUT2D eigenvalue weighted by atomic mass is 16.5. The third kappa shape index (κ3) is 5.16. The quantitative estimate of drug-likeness (QED) is 0.351. The molecular formula is C24H19N3O4. The molecule has 0 radical (unpaired) electrons. The number of furan rings is 1. The summed E-state index contributed by atoms with van der Waals surface area (Å²) < 4.78 is 11.1. The standard InChI is InChI=1S/C24H19N3O4/c28-23(26-19-10-2-1-3-11-19)16-30-20-12-6-5-9-18(20)15-25-27-24(29)22-14-17-8-4-7-13-21(17)31-22/h1-15H,16H2,(H,26,28)(H,27,29)/b25-15+. The zero-order valence-electron chi connectivity index (χ0n) is 16.4. The van der Waals surface area contributed by atoms with Crippen molar-refractivity contribution in [3.05, 3.63) is 96.3 Å². The van der Waals surface area contributed by atoms with Crippen molar-refractivity contribution in [3.8, 4) is 5.75 Å². The van der Waals surface area contributed by atoms with Crippen LogP contribution in [0.2, 0.25) is 0 Å². The predicted octanol–water partition coefficient (Wildman–Crippen LogP) is 4.21. The van der Waals surface area contributed by atoms with E-state index >= 15 is 0 Å². The van der Waals surface area contributed by atoms with Crippen molar-refractivity contribution in [2.75, 3.05) is 11.9 Å². The molecule has 0 bridgehead atoms. The summed E-state index contributed by atoms with van der Waals surface area (Å²) in [5.41, 5.74) is 4.37. The first-order valence-electron chi connectivity index (χ1n) is 9.58. The van der Waals surface area contributed by atoms with Gasteiger partial charge in [-0.25, -0.2) is 5.43 Å². The van der Waals surface area contributed by atoms with E-state index in [-0.39, 0.29) is 18.3 Å². The highest BCUT2D eigenvalue weighted by Gasteiger charge is 2.11. The van der Waals surface area contributed by atoms with Gasteiger partial charge < -0.3 is 14.5 Å². The number of para-hydroxylation sites is 3. The Morgan fingerprint density at radius 2 is 1.68 bits per heavy atom. The lowest BCUT2D eigenvalue weighted by Crippen LogP contribution is -2.20. The monoisotopic (exact) mass is 413 g/mol. The maximum atomic E-state index is 12.3. The molecule has 4 rings (SSSR count). The molecule has 0 saturated carbocycles. The van der Waals surface area contributed by atoms with E-state index < -0.39 is 5.91 Å². The molecule has 4 aromatic rings. The van der Waals surface area contributed by atoms with Crippen LogP contribution in [0.25, 0.3) is 11.0 Å². The summed E-state index contributed by atoms with van der Waals surface area (Å²) in [5.74, 6) is -0.114. The minimum absolute atomic E-state index is 0.162. The van der Waals surface area contributed by atoms with Crippen LogP contribution in [0.15, 0.2) is 94.4 Å². The van der Waals surface area contributed by atoms with Crippen LogP contribution >= 0.6 is 0 Å². The largest absolute Gasteiger partial charge is 0.483 e. The molecule has 0 saturated heterocycles. The first-order valence-corrected chi connectivity index (χ1v) is 9.58. The molecule has 2 amide bonds. The number of fused-ring (bicyclic) bond motifs is 1. The maximum absolute atomic E-state index is 12.3. The van der Waals surface area contributed by atoms with Gasteiger partial charge in [0.05, 0.1) is 6.21 Å². The third-order valence-electron chi connectivity index (χ3n) is 4.35. The molecule has 154 valence electrons. The van der Waals surface area contributed by atoms with Crippen LogP contribution in [0.5, 0.6) is 5.75 Å². The number of amides is 2. The van der Waals surface area contributed by atoms with E-state index in [1.54, 1.807) is 48.5 Å². The van der Waals surface area contributed by atoms with Gasteiger partial charge in [0.2, 0.25) is 0 Å². The normalized spacial score (nSPS) is 10.8. The van der Waals surface area contributed by atoms with E-state index in [2.05, 4.69) is 15.8 Å². The topological polar surface area (TPSA) is 92.9 Å². The predicted molar refractivity (Wildman–Crippen MR) is 118 cm³/mol. The number of ether oxygens (including phenoxy) is 1. The van der Waals surface area contributed by atoms with Gasteiger partial charge in [-0.1, -0.05) is 48.5 Å². The zero-order chi connectivity index (χ0) is 21.5. The number of nitrogens with one attached hydrogen (secondary N) is 2. The number of hydrogen-bond acceptors (Lipinski definition) is 5. The number of anilines is 1. The number of benzene rings is 3. The van der Waals surface area contributed by atoms with Gasteiger partial charge in [0.1, 0.15) is 11.3 Å². The molecule has 0 aliphatic heterocycles. The Balaban J connectivity index is 1.36. The Morgan fingerprint density at radius 3 is 2.52 bits per heavy atom. The second-order valence-electron chi connectivity index (χ2n) is 6.59. The van der Waals surface area contributed by atoms with Gasteiger partial charge in [0.15, 0.2) is 12.4 Å². The minimum atomic E-state index is -0.465. The fourth-order valence-electron chi connectivity index (χ4n) is 2.89. The van der Waals surface area contributed by atoms with Crippen molar-refractivity contribution in [1.29, 1.82) is 0 Å². The van der Waals surface area contributed by atoms with Crippen LogP contribution in [0.1, 0.15) is 16.1 Å². The Bertz CT molecular complexity index is 1200. The first-order chi connectivity index (χ1) is 15.2. The van der Waals surface area contributed by atoms with Crippen LogP contribution < -0.4 is 15.5 Å². The van der Waals surface area contributed by atoms with Crippen LogP contribution in [0.4, 0.5) is 5.69 Å². The van der Waals surface area contributed by atoms with Crippen molar-refractivity contribution in [1.82, 2.24) is 5.43 Å². The van der Waals surface area contributed by atoms with E-state index in [1.165, 1.54) is 6.21 Å². The highest BCUT2D eigenvalue weighted by Crippen LogP contribution is 2.19. The Hall–Kier alpha value is -4.39. The maximum Gasteiger partial charge on any atom is 0.307 e. The summed E-state index contributed by atoms with van der Waals surface area (Å²) in [5, 5.41) is 7.57.